The summed E-state index contributed by atoms with van der Waals surface area (Å²) in [4.78, 5) is 2.56. The van der Waals surface area contributed by atoms with E-state index in [2.05, 4.69) is 24.1 Å². The molecule has 118 valence electrons. The Kier molecular flexibility index (Phi) is 6.33. The molecule has 0 aromatic heterocycles. The number of nitrogens with one attached hydrogen (secondary N) is 1. The molecule has 1 unspecified atom stereocenters. The zero-order chi connectivity index (χ0) is 15.1. The largest absolute Gasteiger partial charge is 0.497 e. The van der Waals surface area contributed by atoms with Gasteiger partial charge in [0, 0.05) is 19.1 Å². The Morgan fingerprint density at radius 2 is 1.95 bits per heavy atom. The highest BCUT2D eigenvalue weighted by atomic mass is 16.5. The summed E-state index contributed by atoms with van der Waals surface area (Å²) in [6.45, 7) is 9.68. The van der Waals surface area contributed by atoms with E-state index < -0.39 is 0 Å². The average Bonchev–Trinajstić information content (AvgIpc) is 2.73. The van der Waals surface area contributed by atoms with E-state index in [-0.39, 0.29) is 0 Å². The number of ether oxygens (including phenoxy) is 2. The lowest BCUT2D eigenvalue weighted by Gasteiger charge is -2.32. The van der Waals surface area contributed by atoms with Crippen LogP contribution in [-0.4, -0.2) is 50.8 Å². The van der Waals surface area contributed by atoms with Crippen molar-refractivity contribution in [3.8, 4) is 11.5 Å². The van der Waals surface area contributed by atoms with E-state index in [0.29, 0.717) is 12.0 Å². The molecule has 1 saturated heterocycles. The minimum atomic E-state index is 0.604. The van der Waals surface area contributed by atoms with Gasteiger partial charge in [-0.15, -0.1) is 0 Å². The van der Waals surface area contributed by atoms with E-state index in [1.165, 1.54) is 6.42 Å². The zero-order valence-corrected chi connectivity index (χ0v) is 13.5. The van der Waals surface area contributed by atoms with Crippen molar-refractivity contribution in [2.24, 2.45) is 5.92 Å². The third-order valence-electron chi connectivity index (χ3n) is 4.10. The molecule has 21 heavy (non-hydrogen) atoms. The van der Waals surface area contributed by atoms with Crippen LogP contribution in [-0.2, 0) is 0 Å². The fourth-order valence-electron chi connectivity index (χ4n) is 2.84. The van der Waals surface area contributed by atoms with Gasteiger partial charge < -0.3 is 14.8 Å². The smallest absolute Gasteiger partial charge is 0.119 e. The summed E-state index contributed by atoms with van der Waals surface area (Å²) in [5, 5.41) is 3.53. The van der Waals surface area contributed by atoms with E-state index in [9.17, 15) is 0 Å². The van der Waals surface area contributed by atoms with E-state index >= 15 is 0 Å². The first-order valence-corrected chi connectivity index (χ1v) is 7.92. The third-order valence-corrected chi connectivity index (χ3v) is 4.10. The van der Waals surface area contributed by atoms with Crippen LogP contribution in [0.25, 0.3) is 0 Å². The van der Waals surface area contributed by atoms with Crippen LogP contribution in [0.5, 0.6) is 11.5 Å². The van der Waals surface area contributed by atoms with Crippen molar-refractivity contribution in [1.82, 2.24) is 10.2 Å². The Morgan fingerprint density at radius 3 is 2.62 bits per heavy atom. The maximum Gasteiger partial charge on any atom is 0.119 e. The maximum atomic E-state index is 5.86. The molecule has 1 fully saturated rings. The monoisotopic (exact) mass is 292 g/mol. The van der Waals surface area contributed by atoms with Gasteiger partial charge in [0.2, 0.25) is 0 Å². The second-order valence-electron chi connectivity index (χ2n) is 5.93. The summed E-state index contributed by atoms with van der Waals surface area (Å²) in [5.41, 5.74) is 0. The number of methoxy groups -OCH3 is 1. The molecule has 1 aromatic carbocycles. The predicted molar refractivity (Wildman–Crippen MR) is 86.2 cm³/mol. The van der Waals surface area contributed by atoms with Crippen LogP contribution in [0.15, 0.2) is 24.3 Å². The Morgan fingerprint density at radius 1 is 1.24 bits per heavy atom. The lowest BCUT2D eigenvalue weighted by molar-refractivity contribution is 0.138. The Labute approximate surface area is 128 Å². The topological polar surface area (TPSA) is 33.7 Å². The van der Waals surface area contributed by atoms with Gasteiger partial charge in [-0.1, -0.05) is 13.8 Å². The summed E-state index contributed by atoms with van der Waals surface area (Å²) < 4.78 is 11.0. The fourth-order valence-corrected chi connectivity index (χ4v) is 2.84. The number of benzene rings is 1. The molecule has 0 radical (unpaired) electrons. The molecule has 0 bridgehead atoms. The molecule has 4 nitrogen and oxygen atoms in total. The van der Waals surface area contributed by atoms with Gasteiger partial charge in [0.05, 0.1) is 7.11 Å². The molecule has 2 rings (SSSR count). The van der Waals surface area contributed by atoms with Crippen LogP contribution >= 0.6 is 0 Å². The number of rotatable bonds is 6. The average molecular weight is 292 g/mol. The first kappa shape index (κ1) is 16.1. The summed E-state index contributed by atoms with van der Waals surface area (Å²) in [7, 11) is 1.68. The van der Waals surface area contributed by atoms with Crippen molar-refractivity contribution in [3.05, 3.63) is 24.3 Å². The summed E-state index contributed by atoms with van der Waals surface area (Å²) >= 11 is 0. The highest BCUT2D eigenvalue weighted by Gasteiger charge is 2.23. The molecule has 1 heterocycles. The Bertz CT molecular complexity index is 406. The fraction of sp³-hybridized carbons (Fsp3) is 0.647. The maximum absolute atomic E-state index is 5.86. The zero-order valence-electron chi connectivity index (χ0n) is 13.5. The molecule has 1 N–H and O–H groups in total. The standard InChI is InChI=1S/C17H28N2O2/c1-14(2)17-13-18-9-4-10-19(17)11-12-21-16-7-5-15(20-3)6-8-16/h5-8,14,17-18H,4,9-13H2,1-3H3. The Hall–Kier alpha value is -1.26. The van der Waals surface area contributed by atoms with Gasteiger partial charge in [0.25, 0.3) is 0 Å². The van der Waals surface area contributed by atoms with Crippen LogP contribution < -0.4 is 14.8 Å². The molecule has 1 atom stereocenters. The second-order valence-corrected chi connectivity index (χ2v) is 5.93. The number of nitrogens with zero attached hydrogens (tertiary/aromatic N) is 1. The lowest BCUT2D eigenvalue weighted by atomic mass is 10.0. The molecule has 1 aromatic rings. The van der Waals surface area contributed by atoms with Crippen LogP contribution in [0, 0.1) is 5.92 Å². The van der Waals surface area contributed by atoms with Crippen molar-refractivity contribution in [3.63, 3.8) is 0 Å². The molecular weight excluding hydrogens is 264 g/mol. The van der Waals surface area contributed by atoms with Gasteiger partial charge in [-0.05, 0) is 49.7 Å². The summed E-state index contributed by atoms with van der Waals surface area (Å²) in [6.07, 6.45) is 1.21. The molecule has 0 aliphatic carbocycles. The molecular formula is C17H28N2O2. The van der Waals surface area contributed by atoms with Gasteiger partial charge in [0.1, 0.15) is 18.1 Å². The summed E-state index contributed by atoms with van der Waals surface area (Å²) in [5.74, 6) is 2.43. The highest BCUT2D eigenvalue weighted by Crippen LogP contribution is 2.17. The van der Waals surface area contributed by atoms with Crippen molar-refractivity contribution >= 4 is 0 Å². The molecule has 1 aliphatic heterocycles. The predicted octanol–water partition coefficient (Wildman–Crippen LogP) is 2.39. The second kappa shape index (κ2) is 8.25. The molecule has 4 heteroatoms. The van der Waals surface area contributed by atoms with Crippen LogP contribution in [0.3, 0.4) is 0 Å². The highest BCUT2D eigenvalue weighted by molar-refractivity contribution is 5.31. The van der Waals surface area contributed by atoms with E-state index in [4.69, 9.17) is 9.47 Å². The minimum Gasteiger partial charge on any atom is -0.497 e. The van der Waals surface area contributed by atoms with Gasteiger partial charge in [-0.25, -0.2) is 0 Å². The van der Waals surface area contributed by atoms with Crippen molar-refractivity contribution in [2.75, 3.05) is 39.9 Å². The first-order valence-electron chi connectivity index (χ1n) is 7.92. The van der Waals surface area contributed by atoms with Crippen LogP contribution in [0.1, 0.15) is 20.3 Å². The molecule has 0 spiro atoms. The van der Waals surface area contributed by atoms with E-state index in [1.54, 1.807) is 7.11 Å². The van der Waals surface area contributed by atoms with Crippen molar-refractivity contribution < 1.29 is 9.47 Å². The number of hydrogen-bond donors (Lipinski definition) is 1. The van der Waals surface area contributed by atoms with Gasteiger partial charge >= 0.3 is 0 Å². The molecule has 0 amide bonds. The van der Waals surface area contributed by atoms with Crippen molar-refractivity contribution in [1.29, 1.82) is 0 Å². The van der Waals surface area contributed by atoms with Gasteiger partial charge in [-0.3, -0.25) is 4.90 Å². The van der Waals surface area contributed by atoms with E-state index in [1.807, 2.05) is 24.3 Å². The van der Waals surface area contributed by atoms with Gasteiger partial charge in [-0.2, -0.15) is 0 Å². The third kappa shape index (κ3) is 4.90. The van der Waals surface area contributed by atoms with E-state index in [0.717, 1.165) is 44.3 Å². The Balaban J connectivity index is 1.82. The summed E-state index contributed by atoms with van der Waals surface area (Å²) in [6, 6.07) is 8.39. The molecule has 0 saturated carbocycles. The minimum absolute atomic E-state index is 0.604. The normalized spacial score (nSPS) is 20.3. The van der Waals surface area contributed by atoms with Crippen LogP contribution in [0.2, 0.25) is 0 Å². The quantitative estimate of drug-likeness (QED) is 0.873. The van der Waals surface area contributed by atoms with Gasteiger partial charge in [0.15, 0.2) is 0 Å². The van der Waals surface area contributed by atoms with Crippen LogP contribution in [0.4, 0.5) is 0 Å². The number of hydrogen-bond acceptors (Lipinski definition) is 4. The molecule has 1 aliphatic rings. The van der Waals surface area contributed by atoms with Crippen molar-refractivity contribution in [2.45, 2.75) is 26.3 Å². The first-order chi connectivity index (χ1) is 10.2. The SMILES string of the molecule is COc1ccc(OCCN2CCCNCC2C(C)C)cc1. The lowest BCUT2D eigenvalue weighted by Crippen LogP contribution is -2.45.